The minimum absolute atomic E-state index is 0.530. The molecular weight excluding hydrogens is 415 g/mol. The van der Waals surface area contributed by atoms with E-state index >= 15 is 0 Å². The standard InChI is InChI=1S/C17H25IN6/c1-11-8-23(7-6-20-11)12-2-4-13(5-3-12)24-9-14(18)15-16(19)21-10-22-17(15)24/h9-13,20H,2-8H2,1H3,(H2,19,21,22)/t11-,12-,13+/m0/s1. The van der Waals surface area contributed by atoms with Gasteiger partial charge in [0.15, 0.2) is 0 Å². The second-order valence-corrected chi connectivity index (χ2v) is 8.32. The van der Waals surface area contributed by atoms with Crippen LogP contribution in [0.5, 0.6) is 0 Å². The van der Waals surface area contributed by atoms with Crippen LogP contribution in [0, 0.1) is 3.57 Å². The lowest BCUT2D eigenvalue weighted by Crippen LogP contribution is -2.53. The summed E-state index contributed by atoms with van der Waals surface area (Å²) in [5.74, 6) is 0.589. The first-order valence-corrected chi connectivity index (χ1v) is 9.95. The van der Waals surface area contributed by atoms with Crippen LogP contribution in [-0.4, -0.2) is 51.2 Å². The van der Waals surface area contributed by atoms with Crippen LogP contribution in [0.1, 0.15) is 38.6 Å². The fourth-order valence-corrected chi connectivity index (χ4v) is 5.15. The summed E-state index contributed by atoms with van der Waals surface area (Å²) < 4.78 is 3.49. The predicted molar refractivity (Wildman–Crippen MR) is 105 cm³/mol. The zero-order chi connectivity index (χ0) is 16.7. The van der Waals surface area contributed by atoms with Crippen molar-refractivity contribution in [2.45, 2.75) is 50.7 Å². The van der Waals surface area contributed by atoms with Crippen LogP contribution >= 0.6 is 22.6 Å². The van der Waals surface area contributed by atoms with Gasteiger partial charge in [0.25, 0.3) is 0 Å². The molecule has 0 unspecified atom stereocenters. The van der Waals surface area contributed by atoms with Crippen LogP contribution < -0.4 is 11.1 Å². The van der Waals surface area contributed by atoms with E-state index in [-0.39, 0.29) is 0 Å². The number of rotatable bonds is 2. The average Bonchev–Trinajstić information content (AvgIpc) is 2.93. The van der Waals surface area contributed by atoms with E-state index in [4.69, 9.17) is 5.73 Å². The highest BCUT2D eigenvalue weighted by Gasteiger charge is 2.29. The molecule has 3 heterocycles. The van der Waals surface area contributed by atoms with Gasteiger partial charge in [0, 0.05) is 47.5 Å². The minimum atomic E-state index is 0.530. The third-order valence-corrected chi connectivity index (χ3v) is 6.39. The second kappa shape index (κ2) is 6.76. The van der Waals surface area contributed by atoms with Crippen molar-refractivity contribution in [2.75, 3.05) is 25.4 Å². The molecule has 1 atom stereocenters. The smallest absolute Gasteiger partial charge is 0.146 e. The molecule has 2 aromatic heterocycles. The Bertz CT molecular complexity index is 721. The number of nitrogens with two attached hydrogens (primary N) is 1. The Balaban J connectivity index is 1.49. The number of halogens is 1. The summed E-state index contributed by atoms with van der Waals surface area (Å²) in [6.07, 6.45) is 8.76. The van der Waals surface area contributed by atoms with Crippen LogP contribution in [-0.2, 0) is 0 Å². The summed E-state index contributed by atoms with van der Waals surface area (Å²) in [5, 5.41) is 4.55. The van der Waals surface area contributed by atoms with Crippen molar-refractivity contribution >= 4 is 39.4 Å². The molecule has 3 N–H and O–H groups in total. The quantitative estimate of drug-likeness (QED) is 0.702. The highest BCUT2D eigenvalue weighted by molar-refractivity contribution is 14.1. The molecule has 0 aromatic carbocycles. The Hall–Kier alpha value is -0.930. The molecule has 4 rings (SSSR count). The van der Waals surface area contributed by atoms with Gasteiger partial charge in [-0.15, -0.1) is 0 Å². The van der Waals surface area contributed by atoms with E-state index in [2.05, 4.69) is 60.5 Å². The molecule has 24 heavy (non-hydrogen) atoms. The van der Waals surface area contributed by atoms with Crippen molar-refractivity contribution in [3.63, 3.8) is 0 Å². The lowest BCUT2D eigenvalue weighted by molar-refractivity contribution is 0.107. The number of aromatic nitrogens is 3. The molecule has 2 aliphatic rings. The molecule has 2 aromatic rings. The summed E-state index contributed by atoms with van der Waals surface area (Å²) in [6.45, 7) is 5.78. The van der Waals surface area contributed by atoms with E-state index < -0.39 is 0 Å². The van der Waals surface area contributed by atoms with Gasteiger partial charge in [0.05, 0.1) is 5.39 Å². The molecule has 1 saturated carbocycles. The Labute approximate surface area is 156 Å². The number of hydrogen-bond acceptors (Lipinski definition) is 5. The molecule has 1 aliphatic heterocycles. The van der Waals surface area contributed by atoms with E-state index in [0.29, 0.717) is 17.9 Å². The van der Waals surface area contributed by atoms with Gasteiger partial charge < -0.3 is 15.6 Å². The maximum Gasteiger partial charge on any atom is 0.146 e. The van der Waals surface area contributed by atoms with Crippen LogP contribution in [0.25, 0.3) is 11.0 Å². The fraction of sp³-hybridized carbons (Fsp3) is 0.647. The van der Waals surface area contributed by atoms with Gasteiger partial charge in [-0.3, -0.25) is 4.90 Å². The van der Waals surface area contributed by atoms with Crippen molar-refractivity contribution in [3.8, 4) is 0 Å². The van der Waals surface area contributed by atoms with Crippen molar-refractivity contribution < 1.29 is 0 Å². The largest absolute Gasteiger partial charge is 0.383 e. The minimum Gasteiger partial charge on any atom is -0.383 e. The number of anilines is 1. The predicted octanol–water partition coefficient (Wildman–Crippen LogP) is 2.40. The van der Waals surface area contributed by atoms with E-state index in [1.165, 1.54) is 38.8 Å². The van der Waals surface area contributed by atoms with Gasteiger partial charge in [-0.25, -0.2) is 9.97 Å². The molecule has 2 fully saturated rings. The SMILES string of the molecule is C[C@H]1CN([C@H]2CC[C@@H](n3cc(I)c4c(N)ncnc43)CC2)CCN1. The van der Waals surface area contributed by atoms with E-state index in [9.17, 15) is 0 Å². The molecule has 130 valence electrons. The summed E-state index contributed by atoms with van der Waals surface area (Å²) in [5.41, 5.74) is 7.04. The maximum absolute atomic E-state index is 6.05. The lowest BCUT2D eigenvalue weighted by atomic mass is 9.89. The average molecular weight is 440 g/mol. The summed E-state index contributed by atoms with van der Waals surface area (Å²) in [4.78, 5) is 11.3. The molecule has 7 heteroatoms. The lowest BCUT2D eigenvalue weighted by Gasteiger charge is -2.41. The Morgan fingerprint density at radius 2 is 1.96 bits per heavy atom. The van der Waals surface area contributed by atoms with Crippen LogP contribution in [0.3, 0.4) is 0 Å². The number of nitrogens with zero attached hydrogens (tertiary/aromatic N) is 4. The van der Waals surface area contributed by atoms with E-state index in [1.807, 2.05) is 0 Å². The molecule has 0 amide bonds. The number of nitrogen functional groups attached to an aromatic ring is 1. The fourth-order valence-electron chi connectivity index (χ4n) is 4.34. The molecule has 6 nitrogen and oxygen atoms in total. The monoisotopic (exact) mass is 440 g/mol. The van der Waals surface area contributed by atoms with Crippen molar-refractivity contribution in [1.82, 2.24) is 24.8 Å². The van der Waals surface area contributed by atoms with Crippen molar-refractivity contribution in [3.05, 3.63) is 16.1 Å². The zero-order valence-corrected chi connectivity index (χ0v) is 16.2. The van der Waals surface area contributed by atoms with E-state index in [0.717, 1.165) is 27.2 Å². The second-order valence-electron chi connectivity index (χ2n) is 7.15. The van der Waals surface area contributed by atoms with Crippen LogP contribution in [0.4, 0.5) is 5.82 Å². The third-order valence-electron chi connectivity index (χ3n) is 5.57. The van der Waals surface area contributed by atoms with Gasteiger partial charge in [0.2, 0.25) is 0 Å². The molecule has 1 saturated heterocycles. The molecular formula is C17H25IN6. The van der Waals surface area contributed by atoms with Crippen LogP contribution in [0.2, 0.25) is 0 Å². The first kappa shape index (κ1) is 16.5. The maximum atomic E-state index is 6.05. The Morgan fingerprint density at radius 1 is 1.21 bits per heavy atom. The van der Waals surface area contributed by atoms with Gasteiger partial charge >= 0.3 is 0 Å². The highest BCUT2D eigenvalue weighted by Crippen LogP contribution is 2.35. The summed E-state index contributed by atoms with van der Waals surface area (Å²) in [7, 11) is 0. The molecule has 0 radical (unpaired) electrons. The summed E-state index contributed by atoms with van der Waals surface area (Å²) >= 11 is 2.35. The van der Waals surface area contributed by atoms with Gasteiger partial charge in [-0.05, 0) is 55.2 Å². The topological polar surface area (TPSA) is 72.0 Å². The summed E-state index contributed by atoms with van der Waals surface area (Å²) in [6, 6.07) is 1.89. The first-order valence-electron chi connectivity index (χ1n) is 8.87. The van der Waals surface area contributed by atoms with Crippen molar-refractivity contribution in [1.29, 1.82) is 0 Å². The number of nitrogens with one attached hydrogen (secondary N) is 1. The number of fused-ring (bicyclic) bond motifs is 1. The highest BCUT2D eigenvalue weighted by atomic mass is 127. The molecule has 1 aliphatic carbocycles. The number of piperazine rings is 1. The van der Waals surface area contributed by atoms with E-state index in [1.54, 1.807) is 6.33 Å². The van der Waals surface area contributed by atoms with Gasteiger partial charge in [0.1, 0.15) is 17.8 Å². The normalized spacial score (nSPS) is 29.2. The van der Waals surface area contributed by atoms with Gasteiger partial charge in [-0.2, -0.15) is 0 Å². The molecule has 0 bridgehead atoms. The Kier molecular flexibility index (Phi) is 4.66. The Morgan fingerprint density at radius 3 is 2.71 bits per heavy atom. The zero-order valence-electron chi connectivity index (χ0n) is 14.1. The molecule has 0 spiro atoms. The van der Waals surface area contributed by atoms with Gasteiger partial charge in [-0.1, -0.05) is 0 Å². The number of hydrogen-bond donors (Lipinski definition) is 2. The van der Waals surface area contributed by atoms with Crippen LogP contribution in [0.15, 0.2) is 12.5 Å². The first-order chi connectivity index (χ1) is 11.6. The third kappa shape index (κ3) is 3.01. The van der Waals surface area contributed by atoms with Crippen molar-refractivity contribution in [2.24, 2.45) is 0 Å².